The summed E-state index contributed by atoms with van der Waals surface area (Å²) in [5.74, 6) is 0. The van der Waals surface area contributed by atoms with E-state index in [4.69, 9.17) is 5.11 Å². The van der Waals surface area contributed by atoms with E-state index in [2.05, 4.69) is 4.90 Å². The van der Waals surface area contributed by atoms with Crippen molar-refractivity contribution in [2.75, 3.05) is 13.2 Å². The second kappa shape index (κ2) is 3.95. The van der Waals surface area contributed by atoms with E-state index in [1.54, 1.807) is 0 Å². The molecule has 0 aromatic rings. The van der Waals surface area contributed by atoms with Gasteiger partial charge in [0.2, 0.25) is 0 Å². The summed E-state index contributed by atoms with van der Waals surface area (Å²) < 4.78 is 0. The molecule has 13 heavy (non-hydrogen) atoms. The molecule has 0 radical (unpaired) electrons. The van der Waals surface area contributed by atoms with Crippen LogP contribution in [0.15, 0.2) is 0 Å². The summed E-state index contributed by atoms with van der Waals surface area (Å²) in [6, 6.07) is 0.650. The van der Waals surface area contributed by atoms with Gasteiger partial charge in [-0.1, -0.05) is 0 Å². The smallest absolute Gasteiger partial charge is 0.0695 e. The van der Waals surface area contributed by atoms with Crippen LogP contribution in [-0.2, 0) is 0 Å². The van der Waals surface area contributed by atoms with Crippen molar-refractivity contribution in [1.82, 2.24) is 4.90 Å². The predicted molar refractivity (Wildman–Crippen MR) is 50.5 cm³/mol. The number of nitrogens with zero attached hydrogens (tertiary/aromatic N) is 1. The molecule has 1 saturated heterocycles. The van der Waals surface area contributed by atoms with Gasteiger partial charge in [-0.2, -0.15) is 0 Å². The zero-order chi connectivity index (χ0) is 9.26. The molecule has 3 atom stereocenters. The number of aliphatic hydroxyl groups excluding tert-OH is 2. The Morgan fingerprint density at radius 2 is 2.00 bits per heavy atom. The monoisotopic (exact) mass is 185 g/mol. The molecule has 76 valence electrons. The summed E-state index contributed by atoms with van der Waals surface area (Å²) >= 11 is 0. The summed E-state index contributed by atoms with van der Waals surface area (Å²) in [4.78, 5) is 2.32. The summed E-state index contributed by atoms with van der Waals surface area (Å²) in [5.41, 5.74) is 0. The maximum atomic E-state index is 9.74. The first kappa shape index (κ1) is 9.44. The van der Waals surface area contributed by atoms with Crippen molar-refractivity contribution in [2.24, 2.45) is 0 Å². The summed E-state index contributed by atoms with van der Waals surface area (Å²) in [6.07, 6.45) is 5.32. The highest BCUT2D eigenvalue weighted by atomic mass is 16.3. The van der Waals surface area contributed by atoms with Crippen molar-refractivity contribution in [3.05, 3.63) is 0 Å². The van der Waals surface area contributed by atoms with E-state index in [1.807, 2.05) is 0 Å². The molecule has 2 rings (SSSR count). The van der Waals surface area contributed by atoms with Crippen LogP contribution in [0.2, 0.25) is 0 Å². The van der Waals surface area contributed by atoms with E-state index >= 15 is 0 Å². The first-order valence-electron chi connectivity index (χ1n) is 5.37. The zero-order valence-electron chi connectivity index (χ0n) is 8.02. The maximum absolute atomic E-state index is 9.74. The third-order valence-electron chi connectivity index (χ3n) is 3.50. The van der Waals surface area contributed by atoms with Gasteiger partial charge in [-0.25, -0.2) is 0 Å². The molecule has 0 bridgehead atoms. The molecule has 0 amide bonds. The normalized spacial score (nSPS) is 41.5. The van der Waals surface area contributed by atoms with Crippen LogP contribution < -0.4 is 0 Å². The van der Waals surface area contributed by atoms with Crippen LogP contribution in [0.4, 0.5) is 0 Å². The molecule has 1 aliphatic carbocycles. The second-order valence-corrected chi connectivity index (χ2v) is 4.28. The fraction of sp³-hybridized carbons (Fsp3) is 1.00. The third-order valence-corrected chi connectivity index (χ3v) is 3.50. The van der Waals surface area contributed by atoms with Crippen molar-refractivity contribution in [1.29, 1.82) is 0 Å². The van der Waals surface area contributed by atoms with Gasteiger partial charge in [0.25, 0.3) is 0 Å². The molecule has 2 aliphatic rings. The molecule has 0 spiro atoms. The highest BCUT2D eigenvalue weighted by Crippen LogP contribution is 2.30. The minimum Gasteiger partial charge on any atom is -0.395 e. The molecule has 3 nitrogen and oxygen atoms in total. The maximum Gasteiger partial charge on any atom is 0.0695 e. The SMILES string of the molecule is OCC1CCCN1[C@@H]1CCC[C@H]1O. The van der Waals surface area contributed by atoms with Gasteiger partial charge in [-0.05, 0) is 38.6 Å². The van der Waals surface area contributed by atoms with E-state index in [1.165, 1.54) is 6.42 Å². The number of rotatable bonds is 2. The first-order valence-corrected chi connectivity index (χ1v) is 5.37. The Kier molecular flexibility index (Phi) is 2.86. The van der Waals surface area contributed by atoms with Crippen molar-refractivity contribution >= 4 is 0 Å². The first-order chi connectivity index (χ1) is 6.33. The topological polar surface area (TPSA) is 43.7 Å². The lowest BCUT2D eigenvalue weighted by Crippen LogP contribution is -2.44. The Hall–Kier alpha value is -0.120. The minimum absolute atomic E-state index is 0.146. The number of likely N-dealkylation sites (tertiary alicyclic amines) is 1. The molecule has 1 saturated carbocycles. The lowest BCUT2D eigenvalue weighted by atomic mass is 10.1. The van der Waals surface area contributed by atoms with E-state index in [0.29, 0.717) is 12.1 Å². The molecule has 1 heterocycles. The van der Waals surface area contributed by atoms with Crippen molar-refractivity contribution in [3.63, 3.8) is 0 Å². The standard InChI is InChI=1S/C10H19NO2/c12-7-8-3-2-6-11(8)9-4-1-5-10(9)13/h8-10,12-13H,1-7H2/t8?,9-,10-/m1/s1. The molecule has 1 unspecified atom stereocenters. The lowest BCUT2D eigenvalue weighted by Gasteiger charge is -2.31. The largest absolute Gasteiger partial charge is 0.395 e. The summed E-state index contributed by atoms with van der Waals surface area (Å²) in [6.45, 7) is 1.32. The van der Waals surface area contributed by atoms with Crippen molar-refractivity contribution in [3.8, 4) is 0 Å². The highest BCUT2D eigenvalue weighted by molar-refractivity contribution is 4.91. The van der Waals surface area contributed by atoms with Crippen LogP contribution in [0.25, 0.3) is 0 Å². The number of aliphatic hydroxyl groups is 2. The van der Waals surface area contributed by atoms with Gasteiger partial charge in [0, 0.05) is 12.1 Å². The van der Waals surface area contributed by atoms with Crippen LogP contribution in [0.3, 0.4) is 0 Å². The van der Waals surface area contributed by atoms with Gasteiger partial charge >= 0.3 is 0 Å². The van der Waals surface area contributed by atoms with Crippen molar-refractivity contribution in [2.45, 2.75) is 50.3 Å². The van der Waals surface area contributed by atoms with Gasteiger partial charge in [0.1, 0.15) is 0 Å². The van der Waals surface area contributed by atoms with Gasteiger partial charge in [-0.15, -0.1) is 0 Å². The molecule has 3 heteroatoms. The predicted octanol–water partition coefficient (Wildman–Crippen LogP) is 0.356. The quantitative estimate of drug-likeness (QED) is 0.652. The van der Waals surface area contributed by atoms with E-state index in [9.17, 15) is 5.11 Å². The Morgan fingerprint density at radius 3 is 2.62 bits per heavy atom. The van der Waals surface area contributed by atoms with Crippen LogP contribution in [0, 0.1) is 0 Å². The number of hydrogen-bond donors (Lipinski definition) is 2. The average molecular weight is 185 g/mol. The minimum atomic E-state index is -0.146. The van der Waals surface area contributed by atoms with Crippen LogP contribution in [0.1, 0.15) is 32.1 Å². The molecule has 0 aromatic carbocycles. The summed E-state index contributed by atoms with van der Waals surface area (Å²) in [7, 11) is 0. The Morgan fingerprint density at radius 1 is 1.15 bits per heavy atom. The lowest BCUT2D eigenvalue weighted by molar-refractivity contribution is 0.0456. The van der Waals surface area contributed by atoms with Gasteiger partial charge in [0.05, 0.1) is 12.7 Å². The van der Waals surface area contributed by atoms with Crippen LogP contribution in [-0.4, -0.2) is 46.5 Å². The van der Waals surface area contributed by atoms with Gasteiger partial charge in [0.15, 0.2) is 0 Å². The second-order valence-electron chi connectivity index (χ2n) is 4.28. The zero-order valence-corrected chi connectivity index (χ0v) is 8.02. The van der Waals surface area contributed by atoms with Crippen molar-refractivity contribution < 1.29 is 10.2 Å². The van der Waals surface area contributed by atoms with Gasteiger partial charge in [-0.3, -0.25) is 4.90 Å². The molecule has 2 N–H and O–H groups in total. The Bertz CT molecular complexity index is 174. The summed E-state index contributed by atoms with van der Waals surface area (Å²) in [5, 5.41) is 18.9. The fourth-order valence-electron chi connectivity index (χ4n) is 2.80. The Labute approximate surface area is 79.4 Å². The molecular weight excluding hydrogens is 166 g/mol. The highest BCUT2D eigenvalue weighted by Gasteiger charge is 2.36. The molecule has 0 aromatic heterocycles. The van der Waals surface area contributed by atoms with Gasteiger partial charge < -0.3 is 10.2 Å². The van der Waals surface area contributed by atoms with E-state index < -0.39 is 0 Å². The average Bonchev–Trinajstić information content (AvgIpc) is 2.71. The number of hydrogen-bond acceptors (Lipinski definition) is 3. The third kappa shape index (κ3) is 1.73. The van der Waals surface area contributed by atoms with E-state index in [-0.39, 0.29) is 12.7 Å². The fourth-order valence-corrected chi connectivity index (χ4v) is 2.80. The molecule has 2 fully saturated rings. The molecule has 1 aliphatic heterocycles. The molecular formula is C10H19NO2. The van der Waals surface area contributed by atoms with E-state index in [0.717, 1.165) is 32.2 Å². The van der Waals surface area contributed by atoms with Crippen LogP contribution in [0.5, 0.6) is 0 Å². The van der Waals surface area contributed by atoms with Crippen LogP contribution >= 0.6 is 0 Å². The Balaban J connectivity index is 1.98.